The van der Waals surface area contributed by atoms with E-state index in [1.54, 1.807) is 31.8 Å². The number of nitrogens with zero attached hydrogens (tertiary/aromatic N) is 4. The van der Waals surface area contributed by atoms with E-state index in [0.717, 1.165) is 17.5 Å². The molecule has 3 rings (SSSR count). The minimum Gasteiger partial charge on any atom is -0.467 e. The third-order valence-electron chi connectivity index (χ3n) is 3.90. The van der Waals surface area contributed by atoms with Crippen LogP contribution in [0.4, 0.5) is 21.8 Å². The number of hydrogen-bond donors (Lipinski definition) is 2. The van der Waals surface area contributed by atoms with Crippen molar-refractivity contribution in [3.05, 3.63) is 47.6 Å². The number of hydrogen-bond acceptors (Lipinski definition) is 8. The van der Waals surface area contributed by atoms with Crippen LogP contribution in [0.25, 0.3) is 11.1 Å². The SMILES string of the molecule is COCCCNc1nc(Nc2ccc(F)c(Cl)c2)ncc1-c1cnc(OC)nc1. The van der Waals surface area contributed by atoms with Crippen LogP contribution in [-0.2, 0) is 4.74 Å². The Bertz CT molecular complexity index is 958. The first-order chi connectivity index (χ1) is 14.1. The maximum atomic E-state index is 13.4. The number of benzene rings is 1. The van der Waals surface area contributed by atoms with Gasteiger partial charge in [0.2, 0.25) is 5.95 Å². The molecule has 29 heavy (non-hydrogen) atoms. The van der Waals surface area contributed by atoms with Crippen LogP contribution in [0.15, 0.2) is 36.8 Å². The number of ether oxygens (including phenoxy) is 2. The molecule has 2 heterocycles. The Balaban J connectivity index is 1.87. The molecule has 0 fully saturated rings. The Hall–Kier alpha value is -3.04. The Morgan fingerprint density at radius 2 is 1.90 bits per heavy atom. The first kappa shape index (κ1) is 20.7. The Kier molecular flexibility index (Phi) is 7.09. The summed E-state index contributed by atoms with van der Waals surface area (Å²) in [5.41, 5.74) is 2.03. The van der Waals surface area contributed by atoms with E-state index in [-0.39, 0.29) is 11.0 Å². The maximum absolute atomic E-state index is 13.4. The van der Waals surface area contributed by atoms with Gasteiger partial charge in [-0.05, 0) is 24.6 Å². The third-order valence-corrected chi connectivity index (χ3v) is 4.19. The van der Waals surface area contributed by atoms with Crippen LogP contribution < -0.4 is 15.4 Å². The molecule has 2 N–H and O–H groups in total. The summed E-state index contributed by atoms with van der Waals surface area (Å²) < 4.78 is 23.4. The van der Waals surface area contributed by atoms with Crippen molar-refractivity contribution in [2.75, 3.05) is 38.0 Å². The first-order valence-electron chi connectivity index (χ1n) is 8.79. The summed E-state index contributed by atoms with van der Waals surface area (Å²) in [6, 6.07) is 4.58. The minimum absolute atomic E-state index is 0.0138. The van der Waals surface area contributed by atoms with Crippen LogP contribution in [0.1, 0.15) is 6.42 Å². The molecule has 0 radical (unpaired) electrons. The fraction of sp³-hybridized carbons (Fsp3) is 0.263. The van der Waals surface area contributed by atoms with Gasteiger partial charge in [0.25, 0.3) is 0 Å². The Labute approximate surface area is 172 Å². The zero-order valence-electron chi connectivity index (χ0n) is 15.9. The van der Waals surface area contributed by atoms with E-state index in [4.69, 9.17) is 21.1 Å². The number of methoxy groups -OCH3 is 2. The van der Waals surface area contributed by atoms with Crippen molar-refractivity contribution < 1.29 is 13.9 Å². The van der Waals surface area contributed by atoms with E-state index >= 15 is 0 Å². The monoisotopic (exact) mass is 418 g/mol. The summed E-state index contributed by atoms with van der Waals surface area (Å²) in [5.74, 6) is 0.439. The number of nitrogens with one attached hydrogen (secondary N) is 2. The van der Waals surface area contributed by atoms with Crippen molar-refractivity contribution in [2.24, 2.45) is 0 Å². The molecule has 0 saturated carbocycles. The largest absolute Gasteiger partial charge is 0.467 e. The van der Waals surface area contributed by atoms with E-state index in [2.05, 4.69) is 30.6 Å². The summed E-state index contributed by atoms with van der Waals surface area (Å²) in [7, 11) is 3.16. The van der Waals surface area contributed by atoms with E-state index in [0.29, 0.717) is 30.6 Å². The lowest BCUT2D eigenvalue weighted by atomic mass is 10.1. The van der Waals surface area contributed by atoms with Gasteiger partial charge in [-0.2, -0.15) is 4.98 Å². The standard InChI is InChI=1S/C19H20ClFN6O2/c1-28-7-3-6-22-17-14(12-9-24-19(29-2)25-10-12)11-23-18(27-17)26-13-4-5-16(21)15(20)8-13/h4-5,8-11H,3,6-7H2,1-2H3,(H2,22,23,26,27). The van der Waals surface area contributed by atoms with Gasteiger partial charge in [-0.25, -0.2) is 19.3 Å². The average Bonchev–Trinajstić information content (AvgIpc) is 2.74. The second-order valence-corrected chi connectivity index (χ2v) is 6.35. The Morgan fingerprint density at radius 3 is 2.59 bits per heavy atom. The fourth-order valence-electron chi connectivity index (χ4n) is 2.48. The van der Waals surface area contributed by atoms with Crippen molar-refractivity contribution in [2.45, 2.75) is 6.42 Å². The lowest BCUT2D eigenvalue weighted by Crippen LogP contribution is -2.09. The molecular weight excluding hydrogens is 399 g/mol. The molecule has 0 amide bonds. The van der Waals surface area contributed by atoms with Crippen molar-refractivity contribution >= 4 is 29.1 Å². The molecule has 1 aromatic carbocycles. The number of anilines is 3. The van der Waals surface area contributed by atoms with Crippen molar-refractivity contribution in [1.29, 1.82) is 0 Å². The predicted octanol–water partition coefficient (Wildman–Crippen LogP) is 3.93. The van der Waals surface area contributed by atoms with Gasteiger partial charge in [-0.15, -0.1) is 0 Å². The van der Waals surface area contributed by atoms with Gasteiger partial charge in [0.05, 0.1) is 12.1 Å². The van der Waals surface area contributed by atoms with E-state index in [1.807, 2.05) is 0 Å². The van der Waals surface area contributed by atoms with E-state index in [1.165, 1.54) is 19.2 Å². The highest BCUT2D eigenvalue weighted by molar-refractivity contribution is 6.31. The van der Waals surface area contributed by atoms with Gasteiger partial charge in [-0.3, -0.25) is 0 Å². The van der Waals surface area contributed by atoms with Crippen LogP contribution in [0.2, 0.25) is 5.02 Å². The molecule has 0 unspecified atom stereocenters. The summed E-state index contributed by atoms with van der Waals surface area (Å²) >= 11 is 5.84. The second kappa shape index (κ2) is 9.94. The third kappa shape index (κ3) is 5.49. The highest BCUT2D eigenvalue weighted by atomic mass is 35.5. The molecule has 152 valence electrons. The molecule has 0 aliphatic carbocycles. The van der Waals surface area contributed by atoms with Crippen molar-refractivity contribution in [3.63, 3.8) is 0 Å². The van der Waals surface area contributed by atoms with E-state index < -0.39 is 5.82 Å². The lowest BCUT2D eigenvalue weighted by Gasteiger charge is -2.13. The second-order valence-electron chi connectivity index (χ2n) is 5.94. The van der Waals surface area contributed by atoms with Crippen molar-refractivity contribution in [1.82, 2.24) is 19.9 Å². The van der Waals surface area contributed by atoms with Crippen molar-refractivity contribution in [3.8, 4) is 17.1 Å². The molecular formula is C19H20ClFN6O2. The fourth-order valence-corrected chi connectivity index (χ4v) is 2.66. The lowest BCUT2D eigenvalue weighted by molar-refractivity contribution is 0.198. The highest BCUT2D eigenvalue weighted by Gasteiger charge is 2.12. The topological polar surface area (TPSA) is 94.1 Å². The summed E-state index contributed by atoms with van der Waals surface area (Å²) in [6.07, 6.45) is 5.73. The van der Waals surface area contributed by atoms with Crippen LogP contribution >= 0.6 is 11.6 Å². The summed E-state index contributed by atoms with van der Waals surface area (Å²) in [4.78, 5) is 17.1. The van der Waals surface area contributed by atoms with Gasteiger partial charge in [-0.1, -0.05) is 11.6 Å². The molecule has 2 aromatic heterocycles. The molecule has 0 saturated heterocycles. The van der Waals surface area contributed by atoms with Crippen LogP contribution in [0.3, 0.4) is 0 Å². The number of aromatic nitrogens is 4. The summed E-state index contributed by atoms with van der Waals surface area (Å²) in [5, 5.41) is 6.31. The molecule has 3 aromatic rings. The molecule has 10 heteroatoms. The number of halogens is 2. The predicted molar refractivity (Wildman–Crippen MR) is 109 cm³/mol. The zero-order chi connectivity index (χ0) is 20.6. The highest BCUT2D eigenvalue weighted by Crippen LogP contribution is 2.28. The van der Waals surface area contributed by atoms with Crippen LogP contribution in [0, 0.1) is 5.82 Å². The smallest absolute Gasteiger partial charge is 0.316 e. The molecule has 0 atom stereocenters. The first-order valence-corrected chi connectivity index (χ1v) is 9.17. The minimum atomic E-state index is -0.492. The van der Waals surface area contributed by atoms with Gasteiger partial charge < -0.3 is 20.1 Å². The molecule has 0 aliphatic heterocycles. The van der Waals surface area contributed by atoms with Crippen LogP contribution in [-0.4, -0.2) is 47.3 Å². The summed E-state index contributed by atoms with van der Waals surface area (Å²) in [6.45, 7) is 1.27. The van der Waals surface area contributed by atoms with Gasteiger partial charge >= 0.3 is 6.01 Å². The molecule has 0 bridgehead atoms. The average molecular weight is 419 g/mol. The zero-order valence-corrected chi connectivity index (χ0v) is 16.7. The molecule has 0 aliphatic rings. The van der Waals surface area contributed by atoms with E-state index in [9.17, 15) is 4.39 Å². The maximum Gasteiger partial charge on any atom is 0.316 e. The Morgan fingerprint density at radius 1 is 1.10 bits per heavy atom. The van der Waals surface area contributed by atoms with Gasteiger partial charge in [0.15, 0.2) is 0 Å². The molecule has 0 spiro atoms. The van der Waals surface area contributed by atoms with Gasteiger partial charge in [0.1, 0.15) is 11.6 Å². The van der Waals surface area contributed by atoms with Gasteiger partial charge in [0, 0.05) is 55.7 Å². The quantitative estimate of drug-likeness (QED) is 0.505. The normalized spacial score (nSPS) is 10.6. The van der Waals surface area contributed by atoms with Crippen LogP contribution in [0.5, 0.6) is 6.01 Å². The number of rotatable bonds is 9. The molecule has 8 nitrogen and oxygen atoms in total.